The van der Waals surface area contributed by atoms with Crippen LogP contribution in [0, 0.1) is 30.3 Å². The van der Waals surface area contributed by atoms with E-state index in [-0.39, 0.29) is 0 Å². The van der Waals surface area contributed by atoms with E-state index in [1.807, 2.05) is 0 Å². The van der Waals surface area contributed by atoms with E-state index in [1.165, 1.54) is 26.8 Å². The lowest BCUT2D eigenvalue weighted by Crippen LogP contribution is -2.14. The van der Waals surface area contributed by atoms with E-state index in [9.17, 15) is 35.4 Å². The summed E-state index contributed by atoms with van der Waals surface area (Å²) in [5.74, 6) is -1.46. The van der Waals surface area contributed by atoms with Gasteiger partial charge in [-0.1, -0.05) is 29.5 Å². The summed E-state index contributed by atoms with van der Waals surface area (Å²) in [6.07, 6.45) is 2.10. The minimum absolute atomic E-state index is 0.384. The lowest BCUT2D eigenvalue weighted by atomic mass is 10.1. The summed E-state index contributed by atoms with van der Waals surface area (Å²) < 4.78 is 2.20. The number of thiazole rings is 1. The molecule has 2 aromatic heterocycles. The Hall–Kier alpha value is -4.65. The van der Waals surface area contributed by atoms with Gasteiger partial charge in [0.2, 0.25) is 0 Å². The number of aromatic amines is 1. The largest absolute Gasteiger partial charge is 0.863 e. The van der Waals surface area contributed by atoms with Crippen molar-refractivity contribution in [3.05, 3.63) is 90.5 Å². The molecule has 0 unspecified atom stereocenters. The number of nitro groups is 3. The van der Waals surface area contributed by atoms with Crippen LogP contribution in [0.5, 0.6) is 5.75 Å². The van der Waals surface area contributed by atoms with E-state index in [2.05, 4.69) is 57.4 Å². The molecule has 0 saturated carbocycles. The van der Waals surface area contributed by atoms with Crippen LogP contribution in [0.4, 0.5) is 17.1 Å². The highest BCUT2D eigenvalue weighted by molar-refractivity contribution is 7.14. The van der Waals surface area contributed by atoms with Crippen molar-refractivity contribution in [1.82, 2.24) is 4.98 Å². The van der Waals surface area contributed by atoms with Gasteiger partial charge in [0, 0.05) is 10.8 Å². The summed E-state index contributed by atoms with van der Waals surface area (Å²) in [5, 5.41) is 46.8. The molecule has 0 bridgehead atoms. The Morgan fingerprint density at radius 1 is 0.875 bits per heavy atom. The Bertz CT molecular complexity index is 1500. The zero-order valence-electron chi connectivity index (χ0n) is 15.8. The first-order valence-corrected chi connectivity index (χ1v) is 9.72. The van der Waals surface area contributed by atoms with Crippen molar-refractivity contribution in [2.75, 3.05) is 0 Å². The van der Waals surface area contributed by atoms with Gasteiger partial charge in [0.25, 0.3) is 17.1 Å². The lowest BCUT2D eigenvalue weighted by Gasteiger charge is -2.06. The van der Waals surface area contributed by atoms with Gasteiger partial charge in [-0.15, -0.1) is 0 Å². The van der Waals surface area contributed by atoms with Gasteiger partial charge in [-0.25, -0.2) is 4.98 Å². The summed E-state index contributed by atoms with van der Waals surface area (Å²) in [7, 11) is 0. The average Bonchev–Trinajstić information content (AvgIpc) is 3.35. The molecule has 5 aromatic rings. The number of nitrogens with one attached hydrogen (secondary N) is 1. The van der Waals surface area contributed by atoms with E-state index >= 15 is 0 Å². The highest BCUT2D eigenvalue weighted by atomic mass is 32.1. The molecule has 1 N–H and O–H groups in total. The smallest absolute Gasteiger partial charge is 0.344 e. The third-order valence-electron chi connectivity index (χ3n) is 4.65. The molecule has 160 valence electrons. The molecule has 0 saturated heterocycles. The van der Waals surface area contributed by atoms with Gasteiger partial charge in [0.1, 0.15) is 6.20 Å². The van der Waals surface area contributed by atoms with Crippen LogP contribution >= 0.6 is 11.3 Å². The molecular weight excluding hydrogens is 442 g/mol. The number of hydrogen-bond donors (Lipinski definition) is 1. The standard InChI is InChI=1S/C13H8N2S.C6H3N3O7/c1-2-4-10-9(3-1)5-6-11-12(10)14-13-15(11)7-8-16-13;10-6-4(8(13)14)1-3(7(11)12)2-5(6)9(15)16/h1-8H;1-2,10H. The maximum absolute atomic E-state index is 11.1. The number of non-ortho nitro benzene ring substituents is 1. The van der Waals surface area contributed by atoms with E-state index < -0.39 is 37.6 Å². The number of aromatic nitrogens is 2. The normalized spacial score (nSPS) is 10.8. The van der Waals surface area contributed by atoms with Crippen LogP contribution in [0.1, 0.15) is 0 Å². The number of nitro benzene ring substituents is 3. The minimum atomic E-state index is -1.46. The van der Waals surface area contributed by atoms with Crippen molar-refractivity contribution in [3.8, 4) is 5.75 Å². The third-order valence-corrected chi connectivity index (χ3v) is 5.43. The van der Waals surface area contributed by atoms with Crippen LogP contribution in [0.2, 0.25) is 0 Å². The van der Waals surface area contributed by atoms with Crippen LogP contribution < -0.4 is 9.51 Å². The first-order valence-electron chi connectivity index (χ1n) is 8.84. The fraction of sp³-hybridized carbons (Fsp3) is 0. The van der Waals surface area contributed by atoms with Crippen molar-refractivity contribution >= 4 is 55.2 Å². The molecule has 3 aromatic carbocycles. The van der Waals surface area contributed by atoms with Gasteiger partial charge >= 0.3 is 4.96 Å². The quantitative estimate of drug-likeness (QED) is 0.247. The maximum Gasteiger partial charge on any atom is 0.344 e. The Morgan fingerprint density at radius 3 is 2.16 bits per heavy atom. The Kier molecular flexibility index (Phi) is 5.08. The van der Waals surface area contributed by atoms with Crippen LogP contribution in [0.3, 0.4) is 0 Å². The predicted octanol–water partition coefficient (Wildman–Crippen LogP) is 3.61. The zero-order valence-corrected chi connectivity index (χ0v) is 16.6. The molecule has 0 radical (unpaired) electrons. The third kappa shape index (κ3) is 3.52. The summed E-state index contributed by atoms with van der Waals surface area (Å²) >= 11 is 1.73. The highest BCUT2D eigenvalue weighted by Gasteiger charge is 2.24. The first kappa shape index (κ1) is 20.6. The molecule has 0 spiro atoms. The number of hydrogen-bond acceptors (Lipinski definition) is 8. The Morgan fingerprint density at radius 2 is 1.53 bits per heavy atom. The molecule has 0 atom stereocenters. The van der Waals surface area contributed by atoms with Crippen molar-refractivity contribution in [3.63, 3.8) is 0 Å². The van der Waals surface area contributed by atoms with E-state index in [0.29, 0.717) is 12.1 Å². The van der Waals surface area contributed by atoms with Gasteiger partial charge in [-0.3, -0.25) is 30.3 Å². The second-order valence-corrected chi connectivity index (χ2v) is 7.36. The van der Waals surface area contributed by atoms with Crippen molar-refractivity contribution in [2.45, 2.75) is 0 Å². The van der Waals surface area contributed by atoms with Crippen LogP contribution in [0.15, 0.2) is 60.1 Å². The van der Waals surface area contributed by atoms with E-state index in [0.717, 1.165) is 0 Å². The van der Waals surface area contributed by atoms with Gasteiger partial charge in [0.15, 0.2) is 11.0 Å². The summed E-state index contributed by atoms with van der Waals surface area (Å²) in [4.78, 5) is 32.2. The fourth-order valence-corrected chi connectivity index (χ4v) is 3.96. The average molecular weight is 453 g/mol. The van der Waals surface area contributed by atoms with Gasteiger partial charge < -0.3 is 5.11 Å². The maximum atomic E-state index is 11.1. The van der Waals surface area contributed by atoms with Gasteiger partial charge in [-0.2, -0.15) is 4.40 Å². The van der Waals surface area contributed by atoms with Crippen molar-refractivity contribution in [1.29, 1.82) is 0 Å². The topological polar surface area (TPSA) is 172 Å². The molecule has 0 fully saturated rings. The van der Waals surface area contributed by atoms with Crippen molar-refractivity contribution in [2.24, 2.45) is 0 Å². The molecular formula is C19H11N5O7S. The molecule has 0 amide bonds. The fourth-order valence-electron chi connectivity index (χ4n) is 3.22. The van der Waals surface area contributed by atoms with E-state index in [1.54, 1.807) is 11.3 Å². The zero-order chi connectivity index (χ0) is 23.0. The predicted molar refractivity (Wildman–Crippen MR) is 113 cm³/mol. The number of rotatable bonds is 3. The number of nitrogens with zero attached hydrogens (tertiary/aromatic N) is 4. The summed E-state index contributed by atoms with van der Waals surface area (Å²) in [5.41, 5.74) is -0.792. The SMILES string of the molecule is O=[N+]([O-])c1cc([N+](=O)[O-])c([O-])c([N+](=O)[O-])c1.c1ccc2c(c1)ccc1c2[nH]c2scc[n+]21. The molecule has 13 heteroatoms. The summed E-state index contributed by atoms with van der Waals surface area (Å²) in [6, 6.07) is 13.6. The van der Waals surface area contributed by atoms with Gasteiger partial charge in [-0.05, 0) is 23.6 Å². The number of fused-ring (bicyclic) bond motifs is 5. The molecule has 0 aliphatic carbocycles. The lowest BCUT2D eigenvalue weighted by molar-refractivity contribution is -0.476. The van der Waals surface area contributed by atoms with Crippen LogP contribution in [0.25, 0.3) is 26.8 Å². The second-order valence-electron chi connectivity index (χ2n) is 6.47. The number of imidazole rings is 1. The van der Waals surface area contributed by atoms with E-state index in [4.69, 9.17) is 0 Å². The minimum Gasteiger partial charge on any atom is -0.863 e. The van der Waals surface area contributed by atoms with Crippen LogP contribution in [-0.4, -0.2) is 19.8 Å². The van der Waals surface area contributed by atoms with Crippen molar-refractivity contribution < 1.29 is 24.3 Å². The number of H-pyrrole nitrogens is 1. The second kappa shape index (κ2) is 7.88. The Balaban J connectivity index is 0.000000153. The summed E-state index contributed by atoms with van der Waals surface area (Å²) in [6.45, 7) is 0. The molecule has 0 aliphatic heterocycles. The van der Waals surface area contributed by atoms with Gasteiger partial charge in [0.05, 0.1) is 32.7 Å². The number of benzene rings is 3. The monoisotopic (exact) mass is 453 g/mol. The molecule has 12 nitrogen and oxygen atoms in total. The molecule has 5 rings (SSSR count). The molecule has 0 aliphatic rings. The van der Waals surface area contributed by atoms with Crippen LogP contribution in [-0.2, 0) is 0 Å². The Labute approximate surface area is 181 Å². The molecule has 2 heterocycles. The molecule has 32 heavy (non-hydrogen) atoms. The highest BCUT2D eigenvalue weighted by Crippen LogP contribution is 2.36. The first-order chi connectivity index (χ1) is 15.3.